The number of ketones is 2. The van der Waals surface area contributed by atoms with E-state index < -0.39 is 0 Å². The molecule has 3 fully saturated rings. The lowest BCUT2D eigenvalue weighted by Crippen LogP contribution is -2.52. The van der Waals surface area contributed by atoms with Gasteiger partial charge in [-0.15, -0.1) is 11.3 Å². The Balaban J connectivity index is 1.55. The summed E-state index contributed by atoms with van der Waals surface area (Å²) in [5.41, 5.74) is 4.85. The molecule has 2 atom stereocenters. The maximum Gasteiger partial charge on any atom is 0.178 e. The number of aromatic nitrogens is 2. The second kappa shape index (κ2) is 7.84. The zero-order chi connectivity index (χ0) is 22.6. The summed E-state index contributed by atoms with van der Waals surface area (Å²) in [6, 6.07) is 9.46. The van der Waals surface area contributed by atoms with E-state index in [0.717, 1.165) is 34.2 Å². The molecule has 0 amide bonds. The van der Waals surface area contributed by atoms with Crippen LogP contribution < -0.4 is 5.46 Å². The number of nitrogens with zero attached hydrogens (tertiary/aromatic N) is 4. The van der Waals surface area contributed by atoms with Gasteiger partial charge >= 0.3 is 0 Å². The Morgan fingerprint density at radius 3 is 2.62 bits per heavy atom. The third-order valence-electron chi connectivity index (χ3n) is 6.60. The van der Waals surface area contributed by atoms with E-state index in [9.17, 15) is 9.59 Å². The van der Waals surface area contributed by atoms with Gasteiger partial charge in [-0.2, -0.15) is 5.26 Å². The molecule has 2 aliphatic heterocycles. The number of carbonyl (C=O) groups is 2. The second-order valence-corrected chi connectivity index (χ2v) is 9.58. The largest absolute Gasteiger partial charge is 0.318 e. The molecule has 6 rings (SSSR count). The van der Waals surface area contributed by atoms with E-state index in [1.807, 2.05) is 40.8 Å². The lowest BCUT2D eigenvalue weighted by atomic mass is 9.87. The number of hydrogen-bond donors (Lipinski definition) is 0. The number of nitriles is 1. The van der Waals surface area contributed by atoms with Gasteiger partial charge in [0.2, 0.25) is 0 Å². The lowest BCUT2D eigenvalue weighted by Gasteiger charge is -2.38. The Morgan fingerprint density at radius 1 is 1.31 bits per heavy atom. The Labute approximate surface area is 191 Å². The van der Waals surface area contributed by atoms with Gasteiger partial charge in [0.15, 0.2) is 11.6 Å². The Hall–Kier alpha value is -3.02. The van der Waals surface area contributed by atoms with E-state index >= 15 is 0 Å². The summed E-state index contributed by atoms with van der Waals surface area (Å²) in [4.78, 5) is 31.9. The predicted octanol–water partition coefficient (Wildman–Crippen LogP) is 2.41. The predicted molar refractivity (Wildman–Crippen MR) is 123 cm³/mol. The lowest BCUT2D eigenvalue weighted by molar-refractivity contribution is -0.120. The summed E-state index contributed by atoms with van der Waals surface area (Å²) in [6.07, 6.45) is 1.91. The number of carbonyl (C=O) groups excluding carboxylic acids is 2. The summed E-state index contributed by atoms with van der Waals surface area (Å²) >= 11 is 1.58. The highest BCUT2D eigenvalue weighted by atomic mass is 32.1. The molecule has 2 bridgehead atoms. The van der Waals surface area contributed by atoms with Gasteiger partial charge in [-0.05, 0) is 44.5 Å². The first-order chi connectivity index (χ1) is 15.4. The number of Topliss-reactive ketones (excluding diaryl/α,β-unsaturated/α-hetero) is 2. The van der Waals surface area contributed by atoms with E-state index in [2.05, 4.69) is 11.1 Å². The molecule has 0 spiro atoms. The molecule has 158 valence electrons. The van der Waals surface area contributed by atoms with Crippen molar-refractivity contribution in [3.63, 3.8) is 0 Å². The van der Waals surface area contributed by atoms with Crippen molar-refractivity contribution in [2.24, 2.45) is 0 Å². The molecule has 2 saturated heterocycles. The topological polar surface area (TPSA) is 79.0 Å². The number of benzene rings is 1. The van der Waals surface area contributed by atoms with Gasteiger partial charge in [0.25, 0.3) is 0 Å². The monoisotopic (exact) mass is 440 g/mol. The zero-order valence-corrected chi connectivity index (χ0v) is 18.8. The van der Waals surface area contributed by atoms with Crippen LogP contribution in [-0.4, -0.2) is 52.5 Å². The highest BCUT2D eigenvalue weighted by molar-refractivity contribution is 7.09. The van der Waals surface area contributed by atoms with E-state index in [1.54, 1.807) is 23.5 Å². The first-order valence-corrected chi connectivity index (χ1v) is 11.5. The van der Waals surface area contributed by atoms with Crippen molar-refractivity contribution in [1.29, 1.82) is 5.26 Å². The normalized spacial score (nSPS) is 19.7. The van der Waals surface area contributed by atoms with E-state index in [1.165, 1.54) is 0 Å². The Bertz CT molecular complexity index is 1280. The van der Waals surface area contributed by atoms with Gasteiger partial charge in [0, 0.05) is 46.9 Å². The molecule has 1 saturated carbocycles. The van der Waals surface area contributed by atoms with Crippen LogP contribution in [0.3, 0.4) is 0 Å². The fourth-order valence-electron chi connectivity index (χ4n) is 5.01. The van der Waals surface area contributed by atoms with Crippen molar-refractivity contribution in [3.05, 3.63) is 62.9 Å². The molecule has 2 unspecified atom stereocenters. The summed E-state index contributed by atoms with van der Waals surface area (Å²) in [5.74, 6) is 0.176. The maximum atomic E-state index is 13.4. The van der Waals surface area contributed by atoms with Gasteiger partial charge in [-0.1, -0.05) is 5.46 Å². The maximum absolute atomic E-state index is 13.4. The van der Waals surface area contributed by atoms with Crippen LogP contribution >= 0.6 is 11.3 Å². The molecule has 0 N–H and O–H groups in total. The molecular formula is C24H21BN4O2S. The fourth-order valence-corrected chi connectivity index (χ4v) is 5.62. The summed E-state index contributed by atoms with van der Waals surface area (Å²) in [6.45, 7) is 4.06. The minimum atomic E-state index is -0.108. The molecule has 2 radical (unpaired) electrons. The van der Waals surface area contributed by atoms with Gasteiger partial charge in [0.05, 0.1) is 34.9 Å². The smallest absolute Gasteiger partial charge is 0.178 e. The van der Waals surface area contributed by atoms with Gasteiger partial charge < -0.3 is 4.57 Å². The summed E-state index contributed by atoms with van der Waals surface area (Å²) in [5, 5.41) is 12.1. The van der Waals surface area contributed by atoms with Crippen LogP contribution in [0.25, 0.3) is 5.69 Å². The molecule has 3 aliphatic rings. The molecule has 1 aromatic carbocycles. The molecule has 2 aromatic heterocycles. The second-order valence-electron chi connectivity index (χ2n) is 8.52. The number of hydrogen-bond acceptors (Lipinski definition) is 6. The summed E-state index contributed by atoms with van der Waals surface area (Å²) in [7, 11) is 6.60. The van der Waals surface area contributed by atoms with Crippen molar-refractivity contribution < 1.29 is 9.59 Å². The minimum Gasteiger partial charge on any atom is -0.318 e. The zero-order valence-electron chi connectivity index (χ0n) is 18.0. The fraction of sp³-hybridized carbons (Fsp3) is 0.333. The van der Waals surface area contributed by atoms with E-state index in [4.69, 9.17) is 13.1 Å². The number of rotatable bonds is 6. The Morgan fingerprint density at radius 2 is 2.06 bits per heavy atom. The Kier molecular flexibility index (Phi) is 5.11. The first-order valence-electron chi connectivity index (χ1n) is 10.6. The highest BCUT2D eigenvalue weighted by Gasteiger charge is 2.51. The van der Waals surface area contributed by atoms with Crippen molar-refractivity contribution in [1.82, 2.24) is 14.5 Å². The van der Waals surface area contributed by atoms with Crippen LogP contribution in [0.15, 0.2) is 29.6 Å². The van der Waals surface area contributed by atoms with Crippen molar-refractivity contribution in [2.75, 3.05) is 6.54 Å². The molecule has 32 heavy (non-hydrogen) atoms. The standard InChI is InChI=1S/C24H21BN4O2S/c1-13-23(22(31)11-28-18-8-19(28)21(30)9-18)24(25)20(7-16-12-32-14(2)27-16)29(13)17-5-3-15(10-26)4-6-17/h3-6,12,18-19H,7-9,11H2,1-2H3. The third kappa shape index (κ3) is 3.33. The van der Waals surface area contributed by atoms with E-state index in [-0.39, 0.29) is 30.2 Å². The third-order valence-corrected chi connectivity index (χ3v) is 7.42. The molecule has 4 heterocycles. The first kappa shape index (κ1) is 20.9. The van der Waals surface area contributed by atoms with Crippen molar-refractivity contribution in [2.45, 2.75) is 45.2 Å². The van der Waals surface area contributed by atoms with Crippen LogP contribution in [0.4, 0.5) is 0 Å². The average Bonchev–Trinajstić information content (AvgIpc) is 3.49. The van der Waals surface area contributed by atoms with E-state index in [0.29, 0.717) is 29.4 Å². The number of fused-ring (bicyclic) bond motifs is 1. The molecular weight excluding hydrogens is 419 g/mol. The SMILES string of the molecule is [B]c1c(C(=O)CN2C3CC(=O)C2C3)c(C)n(-c2ccc(C#N)cc2)c1Cc1csc(C)n1. The van der Waals surface area contributed by atoms with Gasteiger partial charge in [0.1, 0.15) is 7.85 Å². The molecule has 3 aromatic rings. The van der Waals surface area contributed by atoms with Crippen LogP contribution in [0.5, 0.6) is 0 Å². The highest BCUT2D eigenvalue weighted by Crippen LogP contribution is 2.37. The molecule has 1 aliphatic carbocycles. The number of thiazole rings is 1. The van der Waals surface area contributed by atoms with Crippen LogP contribution in [0.1, 0.15) is 50.9 Å². The average molecular weight is 440 g/mol. The molecule has 8 heteroatoms. The molecule has 6 nitrogen and oxygen atoms in total. The summed E-state index contributed by atoms with van der Waals surface area (Å²) < 4.78 is 1.99. The van der Waals surface area contributed by atoms with Crippen LogP contribution in [-0.2, 0) is 11.2 Å². The van der Waals surface area contributed by atoms with Crippen LogP contribution in [0, 0.1) is 25.2 Å². The van der Waals surface area contributed by atoms with Gasteiger partial charge in [-0.3, -0.25) is 14.5 Å². The van der Waals surface area contributed by atoms with Gasteiger partial charge in [-0.25, -0.2) is 4.98 Å². The number of aryl methyl sites for hydroxylation is 1. The minimum absolute atomic E-state index is 0.0625. The van der Waals surface area contributed by atoms with Crippen LogP contribution in [0.2, 0.25) is 0 Å². The van der Waals surface area contributed by atoms with Crippen molar-refractivity contribution >= 4 is 36.2 Å². The van der Waals surface area contributed by atoms with Crippen molar-refractivity contribution in [3.8, 4) is 11.8 Å². The quantitative estimate of drug-likeness (QED) is 0.435.